The molecule has 0 saturated carbocycles. The lowest BCUT2D eigenvalue weighted by atomic mass is 9.88. The van der Waals surface area contributed by atoms with Gasteiger partial charge in [0.15, 0.2) is 0 Å². The molecule has 1 atom stereocenters. The van der Waals surface area contributed by atoms with Crippen molar-refractivity contribution >= 4 is 5.97 Å². The molecule has 3 nitrogen and oxygen atoms in total. The SMILES string of the molecule is CC(C)CCCCCC(Cc1cc(CC(C)C)c(O)c(CC(C)C)c1)C(=O)O. The molecule has 1 aromatic rings. The number of unbranched alkanes of at least 4 members (excludes halogenated alkanes) is 2. The number of aliphatic carboxylic acids is 1. The van der Waals surface area contributed by atoms with E-state index < -0.39 is 5.97 Å². The van der Waals surface area contributed by atoms with Crippen LogP contribution in [0.15, 0.2) is 12.1 Å². The van der Waals surface area contributed by atoms with E-state index in [-0.39, 0.29) is 5.92 Å². The minimum atomic E-state index is -0.701. The van der Waals surface area contributed by atoms with E-state index in [9.17, 15) is 15.0 Å². The number of rotatable bonds is 13. The van der Waals surface area contributed by atoms with Crippen molar-refractivity contribution in [3.05, 3.63) is 28.8 Å². The van der Waals surface area contributed by atoms with Crippen molar-refractivity contribution in [1.29, 1.82) is 0 Å². The molecule has 2 N–H and O–H groups in total. The van der Waals surface area contributed by atoms with Crippen molar-refractivity contribution in [2.24, 2.45) is 23.7 Å². The van der Waals surface area contributed by atoms with Gasteiger partial charge in [0.25, 0.3) is 0 Å². The molecular formula is C25H42O3. The lowest BCUT2D eigenvalue weighted by Gasteiger charge is -2.18. The van der Waals surface area contributed by atoms with Crippen molar-refractivity contribution in [3.63, 3.8) is 0 Å². The summed E-state index contributed by atoms with van der Waals surface area (Å²) < 4.78 is 0. The monoisotopic (exact) mass is 390 g/mol. The Balaban J connectivity index is 2.90. The molecule has 0 bridgehead atoms. The number of phenolic OH excluding ortho intramolecular Hbond substituents is 1. The molecule has 0 aromatic heterocycles. The zero-order chi connectivity index (χ0) is 21.3. The third-order valence-electron chi connectivity index (χ3n) is 5.25. The lowest BCUT2D eigenvalue weighted by molar-refractivity contribution is -0.142. The van der Waals surface area contributed by atoms with E-state index in [2.05, 4.69) is 41.5 Å². The van der Waals surface area contributed by atoms with Gasteiger partial charge in [0.05, 0.1) is 5.92 Å². The molecule has 0 radical (unpaired) electrons. The van der Waals surface area contributed by atoms with E-state index in [0.717, 1.165) is 48.8 Å². The second-order valence-corrected chi connectivity index (χ2v) is 9.73. The minimum Gasteiger partial charge on any atom is -0.507 e. The number of hydrogen-bond donors (Lipinski definition) is 2. The Morgan fingerprint density at radius 1 is 0.786 bits per heavy atom. The molecule has 0 aliphatic heterocycles. The number of hydrogen-bond acceptors (Lipinski definition) is 2. The summed E-state index contributed by atoms with van der Waals surface area (Å²) in [6, 6.07) is 4.07. The summed E-state index contributed by atoms with van der Waals surface area (Å²) in [7, 11) is 0. The molecule has 1 aromatic carbocycles. The van der Waals surface area contributed by atoms with Crippen LogP contribution in [0.25, 0.3) is 0 Å². The summed E-state index contributed by atoms with van der Waals surface area (Å²) in [5.74, 6) is 0.974. The van der Waals surface area contributed by atoms with Gasteiger partial charge in [-0.3, -0.25) is 4.79 Å². The first kappa shape index (κ1) is 24.5. The first-order valence-electron chi connectivity index (χ1n) is 11.2. The molecule has 28 heavy (non-hydrogen) atoms. The number of benzene rings is 1. The number of carboxylic acids is 1. The quantitative estimate of drug-likeness (QED) is 0.371. The minimum absolute atomic E-state index is 0.345. The summed E-state index contributed by atoms with van der Waals surface area (Å²) >= 11 is 0. The van der Waals surface area contributed by atoms with Gasteiger partial charge < -0.3 is 10.2 Å². The van der Waals surface area contributed by atoms with Crippen LogP contribution in [0.2, 0.25) is 0 Å². The normalized spacial score (nSPS) is 12.9. The van der Waals surface area contributed by atoms with Crippen LogP contribution in [0, 0.1) is 23.7 Å². The summed E-state index contributed by atoms with van der Waals surface area (Å²) in [5, 5.41) is 20.4. The number of carboxylic acid groups (broad SMARTS) is 1. The van der Waals surface area contributed by atoms with Gasteiger partial charge >= 0.3 is 5.97 Å². The summed E-state index contributed by atoms with van der Waals surface area (Å²) in [6.45, 7) is 13.0. The standard InChI is InChI=1S/C25H42O3/c1-17(2)10-8-7-9-11-21(25(27)28)14-20-15-22(12-18(3)4)24(26)23(16-20)13-19(5)6/h15-19,21,26H,7-14H2,1-6H3,(H,27,28). The highest BCUT2D eigenvalue weighted by atomic mass is 16.4. The van der Waals surface area contributed by atoms with E-state index in [1.165, 1.54) is 12.8 Å². The van der Waals surface area contributed by atoms with E-state index in [1.807, 2.05) is 12.1 Å². The maximum Gasteiger partial charge on any atom is 0.306 e. The summed E-state index contributed by atoms with van der Waals surface area (Å²) in [5.41, 5.74) is 2.98. The fourth-order valence-electron chi connectivity index (χ4n) is 3.86. The van der Waals surface area contributed by atoms with E-state index in [1.54, 1.807) is 0 Å². The third kappa shape index (κ3) is 9.12. The molecule has 1 rings (SSSR count). The van der Waals surface area contributed by atoms with Gasteiger partial charge in [-0.1, -0.05) is 79.4 Å². The van der Waals surface area contributed by atoms with Crippen LogP contribution >= 0.6 is 0 Å². The average Bonchev–Trinajstić information content (AvgIpc) is 2.56. The van der Waals surface area contributed by atoms with Gasteiger partial charge in [-0.2, -0.15) is 0 Å². The second-order valence-electron chi connectivity index (χ2n) is 9.73. The Bertz CT molecular complexity index is 571. The molecule has 0 saturated heterocycles. The summed E-state index contributed by atoms with van der Waals surface area (Å²) in [6.07, 6.45) is 7.39. The van der Waals surface area contributed by atoms with Crippen molar-refractivity contribution in [2.45, 2.75) is 92.9 Å². The van der Waals surface area contributed by atoms with Gasteiger partial charge in [0.2, 0.25) is 0 Å². The molecule has 3 heteroatoms. The first-order chi connectivity index (χ1) is 13.1. The van der Waals surface area contributed by atoms with Crippen LogP contribution in [0.1, 0.15) is 90.3 Å². The van der Waals surface area contributed by atoms with Gasteiger partial charge in [0.1, 0.15) is 5.75 Å². The highest BCUT2D eigenvalue weighted by Gasteiger charge is 2.20. The van der Waals surface area contributed by atoms with Crippen molar-refractivity contribution in [3.8, 4) is 5.75 Å². The van der Waals surface area contributed by atoms with Crippen LogP contribution in [0.4, 0.5) is 0 Å². The summed E-state index contributed by atoms with van der Waals surface area (Å²) in [4.78, 5) is 11.8. The molecular weight excluding hydrogens is 348 g/mol. The topological polar surface area (TPSA) is 57.5 Å². The Labute approximate surface area is 172 Å². The van der Waals surface area contributed by atoms with Gasteiger partial charge in [-0.25, -0.2) is 0 Å². The van der Waals surface area contributed by atoms with E-state index in [0.29, 0.717) is 29.9 Å². The molecule has 0 spiro atoms. The molecule has 0 heterocycles. The number of phenols is 1. The van der Waals surface area contributed by atoms with Crippen LogP contribution in [0.5, 0.6) is 5.75 Å². The molecule has 0 aliphatic carbocycles. The zero-order valence-electron chi connectivity index (χ0n) is 18.9. The first-order valence-corrected chi connectivity index (χ1v) is 11.2. The molecule has 0 fully saturated rings. The van der Waals surface area contributed by atoms with Gasteiger partial charge in [-0.15, -0.1) is 0 Å². The molecule has 160 valence electrons. The van der Waals surface area contributed by atoms with Gasteiger partial charge in [0, 0.05) is 0 Å². The Morgan fingerprint density at radius 2 is 1.29 bits per heavy atom. The second kappa shape index (κ2) is 12.1. The van der Waals surface area contributed by atoms with Crippen molar-refractivity contribution < 1.29 is 15.0 Å². The molecule has 0 amide bonds. The van der Waals surface area contributed by atoms with E-state index in [4.69, 9.17) is 0 Å². The fraction of sp³-hybridized carbons (Fsp3) is 0.720. The molecule has 1 unspecified atom stereocenters. The third-order valence-corrected chi connectivity index (χ3v) is 5.25. The van der Waals surface area contributed by atoms with Crippen molar-refractivity contribution in [1.82, 2.24) is 0 Å². The lowest BCUT2D eigenvalue weighted by Crippen LogP contribution is -2.17. The van der Waals surface area contributed by atoms with Gasteiger partial charge in [-0.05, 0) is 60.1 Å². The number of carbonyl (C=O) groups is 1. The average molecular weight is 391 g/mol. The fourth-order valence-corrected chi connectivity index (χ4v) is 3.86. The smallest absolute Gasteiger partial charge is 0.306 e. The predicted molar refractivity (Wildman–Crippen MR) is 118 cm³/mol. The zero-order valence-corrected chi connectivity index (χ0v) is 18.9. The number of aromatic hydroxyl groups is 1. The van der Waals surface area contributed by atoms with Crippen LogP contribution in [0.3, 0.4) is 0 Å². The van der Waals surface area contributed by atoms with E-state index >= 15 is 0 Å². The maximum absolute atomic E-state index is 11.8. The predicted octanol–water partition coefficient (Wildman–Crippen LogP) is 6.64. The van der Waals surface area contributed by atoms with Crippen LogP contribution in [-0.4, -0.2) is 16.2 Å². The van der Waals surface area contributed by atoms with Crippen LogP contribution < -0.4 is 0 Å². The maximum atomic E-state index is 11.8. The highest BCUT2D eigenvalue weighted by molar-refractivity contribution is 5.70. The Kier molecular flexibility index (Phi) is 10.6. The highest BCUT2D eigenvalue weighted by Crippen LogP contribution is 2.30. The van der Waals surface area contributed by atoms with Crippen molar-refractivity contribution in [2.75, 3.05) is 0 Å². The largest absolute Gasteiger partial charge is 0.507 e. The Morgan fingerprint density at radius 3 is 1.71 bits per heavy atom. The molecule has 0 aliphatic rings. The van der Waals surface area contributed by atoms with Crippen LogP contribution in [-0.2, 0) is 24.1 Å². The Hall–Kier alpha value is -1.51.